The average molecular weight is 274 g/mol. The Labute approximate surface area is 112 Å². The lowest BCUT2D eigenvalue weighted by atomic mass is 10.3. The van der Waals surface area contributed by atoms with Crippen molar-refractivity contribution in [1.29, 1.82) is 0 Å². The van der Waals surface area contributed by atoms with Crippen LogP contribution in [0.2, 0.25) is 0 Å². The molecule has 5 heteroatoms. The van der Waals surface area contributed by atoms with Crippen LogP contribution < -0.4 is 5.56 Å². The highest BCUT2D eigenvalue weighted by molar-refractivity contribution is 7.71. The lowest BCUT2D eigenvalue weighted by Crippen LogP contribution is -2.19. The number of nitrogens with zero attached hydrogens (tertiary/aromatic N) is 1. The molecule has 3 aromatic rings. The van der Waals surface area contributed by atoms with E-state index < -0.39 is 0 Å². The fourth-order valence-corrected chi connectivity index (χ4v) is 3.20. The van der Waals surface area contributed by atoms with Gasteiger partial charge in [0.2, 0.25) is 0 Å². The summed E-state index contributed by atoms with van der Waals surface area (Å²) in [5.74, 6) is 0. The molecule has 0 fully saturated rings. The molecule has 0 atom stereocenters. The number of H-pyrrole nitrogens is 1. The van der Waals surface area contributed by atoms with E-state index in [4.69, 9.17) is 12.2 Å². The van der Waals surface area contributed by atoms with Crippen LogP contribution >= 0.6 is 23.6 Å². The van der Waals surface area contributed by atoms with E-state index in [0.29, 0.717) is 10.2 Å². The van der Waals surface area contributed by atoms with Crippen LogP contribution in [0.3, 0.4) is 0 Å². The van der Waals surface area contributed by atoms with Gasteiger partial charge in [-0.25, -0.2) is 0 Å². The van der Waals surface area contributed by atoms with Crippen LogP contribution in [0.25, 0.3) is 15.9 Å². The lowest BCUT2D eigenvalue weighted by molar-refractivity contribution is 0.943. The molecule has 1 aromatic carbocycles. The number of hydrogen-bond donors (Lipinski definition) is 1. The second-order valence-corrected chi connectivity index (χ2v) is 5.65. The first-order chi connectivity index (χ1) is 8.66. The van der Waals surface area contributed by atoms with Gasteiger partial charge in [0, 0.05) is 4.88 Å². The Kier molecular flexibility index (Phi) is 2.65. The number of aromatic nitrogens is 2. The predicted octanol–water partition coefficient (Wildman–Crippen LogP) is 3.42. The fraction of sp³-hybridized carbons (Fsp3) is 0.0769. The van der Waals surface area contributed by atoms with Crippen molar-refractivity contribution in [2.24, 2.45) is 0 Å². The summed E-state index contributed by atoms with van der Waals surface area (Å²) in [5.41, 5.74) is 0.721. The van der Waals surface area contributed by atoms with Gasteiger partial charge in [-0.15, -0.1) is 11.3 Å². The Hall–Kier alpha value is -1.72. The van der Waals surface area contributed by atoms with E-state index in [1.165, 1.54) is 4.57 Å². The predicted molar refractivity (Wildman–Crippen MR) is 77.3 cm³/mol. The van der Waals surface area contributed by atoms with Gasteiger partial charge < -0.3 is 4.98 Å². The molecule has 0 aliphatic rings. The second-order valence-electron chi connectivity index (χ2n) is 4.01. The smallest absolute Gasteiger partial charge is 0.267 e. The van der Waals surface area contributed by atoms with Crippen LogP contribution in [0.5, 0.6) is 0 Å². The van der Waals surface area contributed by atoms with E-state index in [1.807, 2.05) is 43.3 Å². The van der Waals surface area contributed by atoms with Crippen molar-refractivity contribution in [2.75, 3.05) is 0 Å². The highest BCUT2D eigenvalue weighted by atomic mass is 32.1. The highest BCUT2D eigenvalue weighted by Crippen LogP contribution is 2.20. The summed E-state index contributed by atoms with van der Waals surface area (Å²) in [6, 6.07) is 11.3. The van der Waals surface area contributed by atoms with Crippen LogP contribution in [-0.4, -0.2) is 9.55 Å². The van der Waals surface area contributed by atoms with Crippen LogP contribution in [0, 0.1) is 11.7 Å². The summed E-state index contributed by atoms with van der Waals surface area (Å²) in [5, 5.41) is 0.690. The third-order valence-electron chi connectivity index (χ3n) is 2.73. The standard InChI is InChI=1S/C13H10N2OS2/c1-8-7-10-11(18-8)14-13(17)15(12(10)16)9-5-3-2-4-6-9/h2-7H,1H3,(H,14,17). The van der Waals surface area contributed by atoms with Gasteiger partial charge in [0.15, 0.2) is 4.77 Å². The molecule has 0 saturated heterocycles. The van der Waals surface area contributed by atoms with Crippen molar-refractivity contribution in [2.45, 2.75) is 6.92 Å². The summed E-state index contributed by atoms with van der Waals surface area (Å²) in [4.78, 5) is 17.5. The minimum atomic E-state index is -0.0655. The summed E-state index contributed by atoms with van der Waals surface area (Å²) in [7, 11) is 0. The molecule has 0 spiro atoms. The molecule has 0 radical (unpaired) electrons. The molecule has 0 aliphatic carbocycles. The van der Waals surface area contributed by atoms with E-state index in [2.05, 4.69) is 4.98 Å². The highest BCUT2D eigenvalue weighted by Gasteiger charge is 2.09. The van der Waals surface area contributed by atoms with Gasteiger partial charge in [0.05, 0.1) is 11.1 Å². The lowest BCUT2D eigenvalue weighted by Gasteiger charge is -2.05. The van der Waals surface area contributed by atoms with Crippen LogP contribution in [-0.2, 0) is 0 Å². The fourth-order valence-electron chi connectivity index (χ4n) is 1.94. The summed E-state index contributed by atoms with van der Waals surface area (Å²) in [6.07, 6.45) is 0. The van der Waals surface area contributed by atoms with Crippen LogP contribution in [0.1, 0.15) is 4.88 Å². The van der Waals surface area contributed by atoms with E-state index in [0.717, 1.165) is 15.4 Å². The second kappa shape index (κ2) is 4.19. The zero-order valence-corrected chi connectivity index (χ0v) is 11.3. The summed E-state index contributed by atoms with van der Waals surface area (Å²) < 4.78 is 1.96. The first-order valence-electron chi connectivity index (χ1n) is 5.48. The van der Waals surface area contributed by atoms with Gasteiger partial charge in [-0.1, -0.05) is 18.2 Å². The Bertz CT molecular complexity index is 828. The summed E-state index contributed by atoms with van der Waals surface area (Å²) >= 11 is 6.82. The molecular weight excluding hydrogens is 264 g/mol. The zero-order chi connectivity index (χ0) is 12.7. The SMILES string of the molecule is Cc1cc2c(=O)n(-c3ccccc3)c(=S)[nH]c2s1. The number of benzene rings is 1. The maximum absolute atomic E-state index is 12.4. The molecule has 3 nitrogen and oxygen atoms in total. The number of nitrogens with one attached hydrogen (secondary N) is 1. The maximum Gasteiger partial charge on any atom is 0.267 e. The van der Waals surface area contributed by atoms with Gasteiger partial charge in [0.25, 0.3) is 5.56 Å². The zero-order valence-electron chi connectivity index (χ0n) is 9.64. The molecular formula is C13H10N2OS2. The van der Waals surface area contributed by atoms with Crippen molar-refractivity contribution in [3.05, 3.63) is 56.4 Å². The van der Waals surface area contributed by atoms with Crippen molar-refractivity contribution in [3.63, 3.8) is 0 Å². The first kappa shape index (κ1) is 11.4. The quantitative estimate of drug-likeness (QED) is 0.690. The van der Waals surface area contributed by atoms with Crippen molar-refractivity contribution >= 4 is 33.8 Å². The Morgan fingerprint density at radius 2 is 2.00 bits per heavy atom. The molecule has 1 N–H and O–H groups in total. The van der Waals surface area contributed by atoms with E-state index in [1.54, 1.807) is 11.3 Å². The summed E-state index contributed by atoms with van der Waals surface area (Å²) in [6.45, 7) is 1.98. The van der Waals surface area contributed by atoms with Gasteiger partial charge in [0.1, 0.15) is 4.83 Å². The third-order valence-corrected chi connectivity index (χ3v) is 3.98. The molecule has 2 aromatic heterocycles. The Morgan fingerprint density at radius 3 is 2.72 bits per heavy atom. The number of hydrogen-bond acceptors (Lipinski definition) is 3. The number of aromatic amines is 1. The molecule has 0 aliphatic heterocycles. The molecule has 90 valence electrons. The molecule has 0 saturated carbocycles. The van der Waals surface area contributed by atoms with E-state index in [-0.39, 0.29) is 5.56 Å². The topological polar surface area (TPSA) is 37.8 Å². The Morgan fingerprint density at radius 1 is 1.28 bits per heavy atom. The van der Waals surface area contributed by atoms with Crippen molar-refractivity contribution in [1.82, 2.24) is 9.55 Å². The monoisotopic (exact) mass is 274 g/mol. The first-order valence-corrected chi connectivity index (χ1v) is 6.70. The molecule has 3 rings (SSSR count). The number of fused-ring (bicyclic) bond motifs is 1. The molecule has 2 heterocycles. The maximum atomic E-state index is 12.4. The van der Waals surface area contributed by atoms with Crippen molar-refractivity contribution < 1.29 is 0 Å². The minimum Gasteiger partial charge on any atom is -0.323 e. The van der Waals surface area contributed by atoms with Gasteiger partial charge in [-0.2, -0.15) is 0 Å². The number of thiophene rings is 1. The largest absolute Gasteiger partial charge is 0.323 e. The molecule has 18 heavy (non-hydrogen) atoms. The van der Waals surface area contributed by atoms with Crippen molar-refractivity contribution in [3.8, 4) is 5.69 Å². The van der Waals surface area contributed by atoms with Crippen LogP contribution in [0.15, 0.2) is 41.2 Å². The van der Waals surface area contributed by atoms with Gasteiger partial charge >= 0.3 is 0 Å². The minimum absolute atomic E-state index is 0.0655. The molecule has 0 bridgehead atoms. The number of para-hydroxylation sites is 1. The number of rotatable bonds is 1. The number of aryl methyl sites for hydroxylation is 1. The van der Waals surface area contributed by atoms with Gasteiger partial charge in [-0.05, 0) is 37.3 Å². The van der Waals surface area contributed by atoms with E-state index in [9.17, 15) is 4.79 Å². The normalized spacial score (nSPS) is 10.9. The molecule has 0 amide bonds. The van der Waals surface area contributed by atoms with E-state index >= 15 is 0 Å². The third kappa shape index (κ3) is 1.72. The van der Waals surface area contributed by atoms with Crippen LogP contribution in [0.4, 0.5) is 0 Å². The molecule has 0 unspecified atom stereocenters. The Balaban J connectivity index is 2.44. The van der Waals surface area contributed by atoms with Gasteiger partial charge in [-0.3, -0.25) is 9.36 Å². The average Bonchev–Trinajstić information content (AvgIpc) is 2.71.